The van der Waals surface area contributed by atoms with Crippen LogP contribution in [0.2, 0.25) is 0 Å². The number of rotatable bonds is 4. The molecule has 0 aromatic heterocycles. The molecule has 1 aliphatic carbocycles. The molecule has 0 amide bonds. The molecular weight excluding hydrogens is 264 g/mol. The molecule has 3 rings (SSSR count). The van der Waals surface area contributed by atoms with Crippen LogP contribution < -0.4 is 0 Å². The zero-order valence-corrected chi connectivity index (χ0v) is 12.7. The van der Waals surface area contributed by atoms with Crippen molar-refractivity contribution in [1.29, 1.82) is 0 Å². The maximum absolute atomic E-state index is 2.24. The molecule has 2 aromatic carbocycles. The minimum atomic E-state index is 1.11. The lowest BCUT2D eigenvalue weighted by Crippen LogP contribution is -2.01. The topological polar surface area (TPSA) is 0 Å². The van der Waals surface area contributed by atoms with Gasteiger partial charge in [0.05, 0.1) is 0 Å². The first-order chi connectivity index (χ1) is 10.9. The molecule has 0 heteroatoms. The van der Waals surface area contributed by atoms with Gasteiger partial charge in [-0.05, 0) is 24.0 Å². The molecule has 108 valence electrons. The SMILES string of the molecule is C(/C=C/c1ccccc1)=C1CC(=C/C=C/c2ccccc2)C1. The maximum atomic E-state index is 2.24. The average molecular weight is 284 g/mol. The molecule has 0 saturated heterocycles. The molecule has 0 N–H and O–H groups in total. The lowest BCUT2D eigenvalue weighted by atomic mass is 9.85. The van der Waals surface area contributed by atoms with Crippen LogP contribution in [0, 0.1) is 0 Å². The highest BCUT2D eigenvalue weighted by atomic mass is 14.2. The van der Waals surface area contributed by atoms with Crippen LogP contribution in [0.15, 0.2) is 96.1 Å². The van der Waals surface area contributed by atoms with Gasteiger partial charge in [0.15, 0.2) is 0 Å². The molecule has 0 spiro atoms. The van der Waals surface area contributed by atoms with Crippen molar-refractivity contribution in [1.82, 2.24) is 0 Å². The highest BCUT2D eigenvalue weighted by Crippen LogP contribution is 2.32. The molecule has 0 bridgehead atoms. The van der Waals surface area contributed by atoms with E-state index in [4.69, 9.17) is 0 Å². The van der Waals surface area contributed by atoms with Crippen molar-refractivity contribution in [2.75, 3.05) is 0 Å². The van der Waals surface area contributed by atoms with Gasteiger partial charge in [-0.1, -0.05) is 108 Å². The van der Waals surface area contributed by atoms with Crippen LogP contribution in [0.1, 0.15) is 24.0 Å². The molecule has 0 radical (unpaired) electrons. The van der Waals surface area contributed by atoms with E-state index >= 15 is 0 Å². The summed E-state index contributed by atoms with van der Waals surface area (Å²) in [6, 6.07) is 20.8. The quantitative estimate of drug-likeness (QED) is 0.640. The first-order valence-corrected chi connectivity index (χ1v) is 7.72. The van der Waals surface area contributed by atoms with Crippen molar-refractivity contribution in [3.8, 4) is 0 Å². The summed E-state index contributed by atoms with van der Waals surface area (Å²) in [5, 5.41) is 0. The summed E-state index contributed by atoms with van der Waals surface area (Å²) in [5.41, 5.74) is 5.51. The Hall–Kier alpha value is -2.60. The van der Waals surface area contributed by atoms with E-state index in [0.29, 0.717) is 0 Å². The minimum absolute atomic E-state index is 1.11. The van der Waals surface area contributed by atoms with Crippen LogP contribution in [0.5, 0.6) is 0 Å². The van der Waals surface area contributed by atoms with Gasteiger partial charge >= 0.3 is 0 Å². The molecule has 0 aliphatic heterocycles. The van der Waals surface area contributed by atoms with Gasteiger partial charge in [0.25, 0.3) is 0 Å². The molecule has 1 saturated carbocycles. The Kier molecular flexibility index (Phi) is 4.84. The Labute approximate surface area is 132 Å². The molecule has 0 atom stereocenters. The van der Waals surface area contributed by atoms with Crippen molar-refractivity contribution in [2.24, 2.45) is 0 Å². The summed E-state index contributed by atoms with van der Waals surface area (Å²) in [5.74, 6) is 0. The van der Waals surface area contributed by atoms with E-state index in [1.165, 1.54) is 22.3 Å². The number of hydrogen-bond donors (Lipinski definition) is 0. The zero-order chi connectivity index (χ0) is 15.0. The Morgan fingerprint density at radius 3 is 1.36 bits per heavy atom. The molecule has 1 fully saturated rings. The first kappa shape index (κ1) is 14.3. The summed E-state index contributed by atoms with van der Waals surface area (Å²) >= 11 is 0. The molecule has 0 nitrogen and oxygen atoms in total. The van der Waals surface area contributed by atoms with E-state index in [9.17, 15) is 0 Å². The van der Waals surface area contributed by atoms with E-state index in [-0.39, 0.29) is 0 Å². The molecule has 0 unspecified atom stereocenters. The van der Waals surface area contributed by atoms with E-state index < -0.39 is 0 Å². The monoisotopic (exact) mass is 284 g/mol. The zero-order valence-electron chi connectivity index (χ0n) is 12.7. The van der Waals surface area contributed by atoms with E-state index in [0.717, 1.165) is 12.8 Å². The van der Waals surface area contributed by atoms with Gasteiger partial charge in [0, 0.05) is 0 Å². The highest BCUT2D eigenvalue weighted by molar-refractivity contribution is 5.53. The number of hydrogen-bond acceptors (Lipinski definition) is 0. The Bertz CT molecular complexity index is 640. The standard InChI is InChI=1S/C22H20/c1-3-9-19(10-4-1)13-7-15-21-17-22(18-21)16-8-14-20-11-5-2-6-12-20/h1-16H,17-18H2/b13-7+,14-8+,21-15?,22-16?. The fourth-order valence-corrected chi connectivity index (χ4v) is 2.49. The third kappa shape index (κ3) is 4.20. The number of allylic oxidation sites excluding steroid dienone is 6. The second-order valence-corrected chi connectivity index (χ2v) is 5.54. The van der Waals surface area contributed by atoms with Crippen molar-refractivity contribution < 1.29 is 0 Å². The van der Waals surface area contributed by atoms with Crippen LogP contribution in [0.3, 0.4) is 0 Å². The predicted octanol–water partition coefficient (Wildman–Crippen LogP) is 6.06. The van der Waals surface area contributed by atoms with Gasteiger partial charge in [-0.3, -0.25) is 0 Å². The largest absolute Gasteiger partial charge is 0.0624 e. The summed E-state index contributed by atoms with van der Waals surface area (Å²) in [7, 11) is 0. The van der Waals surface area contributed by atoms with Crippen molar-refractivity contribution >= 4 is 12.2 Å². The Morgan fingerprint density at radius 2 is 0.955 bits per heavy atom. The van der Waals surface area contributed by atoms with E-state index in [2.05, 4.69) is 85.0 Å². The van der Waals surface area contributed by atoms with Gasteiger partial charge < -0.3 is 0 Å². The maximum Gasteiger partial charge on any atom is -0.00958 e. The molecule has 1 aliphatic rings. The Morgan fingerprint density at radius 1 is 0.545 bits per heavy atom. The third-order valence-corrected chi connectivity index (χ3v) is 3.75. The van der Waals surface area contributed by atoms with Crippen molar-refractivity contribution in [3.05, 3.63) is 107 Å². The lowest BCUT2D eigenvalue weighted by Gasteiger charge is -2.20. The highest BCUT2D eigenvalue weighted by Gasteiger charge is 2.13. The van der Waals surface area contributed by atoms with Crippen LogP contribution in [0.4, 0.5) is 0 Å². The van der Waals surface area contributed by atoms with Crippen LogP contribution in [-0.4, -0.2) is 0 Å². The van der Waals surface area contributed by atoms with Gasteiger partial charge in [-0.15, -0.1) is 0 Å². The van der Waals surface area contributed by atoms with Gasteiger partial charge in [0.2, 0.25) is 0 Å². The Balaban J connectivity index is 1.49. The fraction of sp³-hybridized carbons (Fsp3) is 0.0909. The summed E-state index contributed by atoms with van der Waals surface area (Å²) < 4.78 is 0. The summed E-state index contributed by atoms with van der Waals surface area (Å²) in [4.78, 5) is 0. The molecular formula is C22H20. The molecule has 0 heterocycles. The minimum Gasteiger partial charge on any atom is -0.0624 e. The fourth-order valence-electron chi connectivity index (χ4n) is 2.49. The second kappa shape index (κ2) is 7.42. The van der Waals surface area contributed by atoms with Gasteiger partial charge in [0.1, 0.15) is 0 Å². The number of benzene rings is 2. The summed E-state index contributed by atoms with van der Waals surface area (Å²) in [6.45, 7) is 0. The predicted molar refractivity (Wildman–Crippen MR) is 96.4 cm³/mol. The van der Waals surface area contributed by atoms with Crippen LogP contribution in [-0.2, 0) is 0 Å². The third-order valence-electron chi connectivity index (χ3n) is 3.75. The molecule has 2 aromatic rings. The van der Waals surface area contributed by atoms with Gasteiger partial charge in [-0.2, -0.15) is 0 Å². The van der Waals surface area contributed by atoms with E-state index in [1.807, 2.05) is 12.1 Å². The second-order valence-electron chi connectivity index (χ2n) is 5.54. The van der Waals surface area contributed by atoms with Gasteiger partial charge in [-0.25, -0.2) is 0 Å². The summed E-state index contributed by atoms with van der Waals surface area (Å²) in [6.07, 6.45) is 15.3. The van der Waals surface area contributed by atoms with E-state index in [1.54, 1.807) is 0 Å². The lowest BCUT2D eigenvalue weighted by molar-refractivity contribution is 0.860. The first-order valence-electron chi connectivity index (χ1n) is 7.72. The smallest absolute Gasteiger partial charge is 0.00958 e. The van der Waals surface area contributed by atoms with Crippen LogP contribution in [0.25, 0.3) is 12.2 Å². The van der Waals surface area contributed by atoms with Crippen LogP contribution >= 0.6 is 0 Å². The van der Waals surface area contributed by atoms with Crippen molar-refractivity contribution in [2.45, 2.75) is 12.8 Å². The van der Waals surface area contributed by atoms with Crippen molar-refractivity contribution in [3.63, 3.8) is 0 Å². The normalized spacial score (nSPS) is 14.4. The molecule has 22 heavy (non-hydrogen) atoms. The average Bonchev–Trinajstić information content (AvgIpc) is 2.54.